The number of hydrogen-bond acceptors (Lipinski definition) is 6. The zero-order valence-corrected chi connectivity index (χ0v) is 19.6. The number of nitrogens with one attached hydrogen (secondary N) is 2. The number of ether oxygens (including phenoxy) is 1. The Hall–Kier alpha value is -3.49. The van der Waals surface area contributed by atoms with Crippen molar-refractivity contribution in [2.45, 2.75) is 38.8 Å². The van der Waals surface area contributed by atoms with E-state index in [1.165, 1.54) is 13.0 Å². The predicted octanol–water partition coefficient (Wildman–Crippen LogP) is 3.59. The number of hydrogen-bond donors (Lipinski definition) is 3. The molecule has 0 aliphatic carbocycles. The molecule has 0 aliphatic rings. The van der Waals surface area contributed by atoms with Crippen molar-refractivity contribution in [1.29, 1.82) is 0 Å². The maximum Gasteiger partial charge on any atom is 0.335 e. The second-order valence-corrected chi connectivity index (χ2v) is 8.24. The van der Waals surface area contributed by atoms with Crippen LogP contribution in [0.25, 0.3) is 11.1 Å². The second-order valence-electron chi connectivity index (χ2n) is 7.81. The highest BCUT2D eigenvalue weighted by atomic mass is 35.5. The van der Waals surface area contributed by atoms with Crippen LogP contribution in [0.3, 0.4) is 0 Å². The van der Waals surface area contributed by atoms with Crippen molar-refractivity contribution in [3.05, 3.63) is 76.6 Å². The monoisotopic (exact) mass is 483 g/mol. The van der Waals surface area contributed by atoms with Gasteiger partial charge in [-0.15, -0.1) is 0 Å². The summed E-state index contributed by atoms with van der Waals surface area (Å²) in [6.45, 7) is 3.14. The molecule has 9 heteroatoms. The maximum absolute atomic E-state index is 12.7. The van der Waals surface area contributed by atoms with Crippen LogP contribution in [0.15, 0.2) is 54.6 Å². The molecule has 8 nitrogen and oxygen atoms in total. The molecule has 0 fully saturated rings. The third-order valence-corrected chi connectivity index (χ3v) is 5.41. The summed E-state index contributed by atoms with van der Waals surface area (Å²) in [5, 5.41) is 20.1. The number of esters is 1. The molecule has 3 rings (SSSR count). The second kappa shape index (κ2) is 11.6. The lowest BCUT2D eigenvalue weighted by Crippen LogP contribution is -2.41. The lowest BCUT2D eigenvalue weighted by Gasteiger charge is -2.21. The number of aromatic nitrogens is 2. The van der Waals surface area contributed by atoms with Gasteiger partial charge in [-0.2, -0.15) is 5.10 Å². The van der Waals surface area contributed by atoms with Crippen molar-refractivity contribution in [2.24, 2.45) is 0 Å². The first-order valence-corrected chi connectivity index (χ1v) is 11.2. The Morgan fingerprint density at radius 2 is 1.85 bits per heavy atom. The minimum Gasteiger partial charge on any atom is -0.464 e. The summed E-state index contributed by atoms with van der Waals surface area (Å²) >= 11 is 6.08. The number of carbonyl (C=O) groups excluding carboxylic acids is 3. The average Bonchev–Trinajstić information content (AvgIpc) is 3.31. The quantitative estimate of drug-likeness (QED) is 0.299. The molecule has 2 unspecified atom stereocenters. The molecule has 34 heavy (non-hydrogen) atoms. The highest BCUT2D eigenvalue weighted by molar-refractivity contribution is 6.30. The van der Waals surface area contributed by atoms with Crippen molar-refractivity contribution in [3.63, 3.8) is 0 Å². The summed E-state index contributed by atoms with van der Waals surface area (Å²) < 4.78 is 4.88. The van der Waals surface area contributed by atoms with Crippen LogP contribution in [0, 0.1) is 0 Å². The van der Waals surface area contributed by atoms with Gasteiger partial charge in [0.05, 0.1) is 6.61 Å². The predicted molar refractivity (Wildman–Crippen MR) is 128 cm³/mol. The molecule has 2 atom stereocenters. The Kier molecular flexibility index (Phi) is 8.56. The molecule has 3 aromatic rings. The normalized spacial score (nSPS) is 12.6. The van der Waals surface area contributed by atoms with Gasteiger partial charge >= 0.3 is 5.97 Å². The van der Waals surface area contributed by atoms with Crippen LogP contribution < -0.4 is 5.32 Å². The Morgan fingerprint density at radius 3 is 2.47 bits per heavy atom. The van der Waals surface area contributed by atoms with Crippen LogP contribution in [-0.2, 0) is 16.0 Å². The van der Waals surface area contributed by atoms with Gasteiger partial charge in [0.15, 0.2) is 11.9 Å². The van der Waals surface area contributed by atoms with E-state index >= 15 is 0 Å². The number of rotatable bonds is 10. The SMILES string of the molecule is CCOC(=O)C(O)CC(Cc1ccc(-c2cccc(Cl)c2)cc1)NC(=O)c1cc(C(C)=O)n[nH]1. The lowest BCUT2D eigenvalue weighted by atomic mass is 9.97. The van der Waals surface area contributed by atoms with E-state index in [1.54, 1.807) is 13.0 Å². The van der Waals surface area contributed by atoms with Crippen LogP contribution in [0.2, 0.25) is 5.02 Å². The Bertz CT molecular complexity index is 1160. The first kappa shape index (κ1) is 25.1. The van der Waals surface area contributed by atoms with Gasteiger partial charge < -0.3 is 15.2 Å². The van der Waals surface area contributed by atoms with Crippen molar-refractivity contribution in [2.75, 3.05) is 6.61 Å². The van der Waals surface area contributed by atoms with Gasteiger partial charge in [0.2, 0.25) is 0 Å². The molecule has 0 saturated carbocycles. The van der Waals surface area contributed by atoms with E-state index < -0.39 is 24.0 Å². The van der Waals surface area contributed by atoms with Crippen molar-refractivity contribution in [3.8, 4) is 11.1 Å². The summed E-state index contributed by atoms with van der Waals surface area (Å²) in [7, 11) is 0. The third-order valence-electron chi connectivity index (χ3n) is 5.18. The Morgan fingerprint density at radius 1 is 1.12 bits per heavy atom. The molecule has 1 heterocycles. The number of H-pyrrole nitrogens is 1. The molecule has 2 aromatic carbocycles. The lowest BCUT2D eigenvalue weighted by molar-refractivity contribution is -0.153. The van der Waals surface area contributed by atoms with Crippen LogP contribution in [0.4, 0.5) is 0 Å². The van der Waals surface area contributed by atoms with Crippen LogP contribution >= 0.6 is 11.6 Å². The van der Waals surface area contributed by atoms with E-state index in [4.69, 9.17) is 16.3 Å². The van der Waals surface area contributed by atoms with Crippen molar-refractivity contribution >= 4 is 29.3 Å². The van der Waals surface area contributed by atoms with E-state index in [2.05, 4.69) is 15.5 Å². The van der Waals surface area contributed by atoms with Crippen LogP contribution in [0.1, 0.15) is 46.8 Å². The first-order chi connectivity index (χ1) is 16.3. The third kappa shape index (κ3) is 6.76. The molecule has 0 radical (unpaired) electrons. The van der Waals surface area contributed by atoms with Gasteiger partial charge in [0.1, 0.15) is 11.4 Å². The van der Waals surface area contributed by atoms with Gasteiger partial charge in [-0.1, -0.05) is 48.0 Å². The van der Waals surface area contributed by atoms with E-state index in [1.807, 2.05) is 42.5 Å². The zero-order valence-electron chi connectivity index (χ0n) is 18.9. The molecular formula is C25H26ClN3O5. The minimum atomic E-state index is -1.40. The van der Waals surface area contributed by atoms with E-state index in [0.717, 1.165) is 16.7 Å². The van der Waals surface area contributed by atoms with E-state index in [0.29, 0.717) is 11.4 Å². The average molecular weight is 484 g/mol. The molecule has 0 bridgehead atoms. The fourth-order valence-electron chi connectivity index (χ4n) is 3.46. The van der Waals surface area contributed by atoms with E-state index in [-0.39, 0.29) is 30.2 Å². The number of aliphatic hydroxyl groups is 1. The molecule has 0 spiro atoms. The molecular weight excluding hydrogens is 458 g/mol. The standard InChI is InChI=1S/C25H26ClN3O5/c1-3-34-25(33)23(31)13-20(27-24(32)22-14-21(15(2)30)28-29-22)11-16-7-9-17(10-8-16)18-5-4-6-19(26)12-18/h4-10,12,14,20,23,31H,3,11,13H2,1-2H3,(H,27,32)(H,28,29). The number of carbonyl (C=O) groups is 3. The molecule has 0 saturated heterocycles. The van der Waals surface area contributed by atoms with E-state index in [9.17, 15) is 19.5 Å². The fourth-order valence-corrected chi connectivity index (χ4v) is 3.66. The van der Waals surface area contributed by atoms with Gasteiger partial charge in [-0.05, 0) is 48.2 Å². The number of nitrogens with zero attached hydrogens (tertiary/aromatic N) is 1. The number of halogens is 1. The topological polar surface area (TPSA) is 121 Å². The number of ketones is 1. The van der Waals surface area contributed by atoms with Gasteiger partial charge in [-0.3, -0.25) is 14.7 Å². The molecule has 178 valence electrons. The number of aromatic amines is 1. The summed E-state index contributed by atoms with van der Waals surface area (Å²) in [5.74, 6) is -1.53. The minimum absolute atomic E-state index is 0.0473. The highest BCUT2D eigenvalue weighted by Crippen LogP contribution is 2.23. The number of aliphatic hydroxyl groups excluding tert-OH is 1. The fraction of sp³-hybridized carbons (Fsp3) is 0.280. The zero-order chi connectivity index (χ0) is 24.7. The maximum atomic E-state index is 12.7. The van der Waals surface area contributed by atoms with Crippen molar-refractivity contribution in [1.82, 2.24) is 15.5 Å². The first-order valence-electron chi connectivity index (χ1n) is 10.8. The summed E-state index contributed by atoms with van der Waals surface area (Å²) in [6.07, 6.45) is -1.09. The van der Waals surface area contributed by atoms with Crippen LogP contribution in [-0.4, -0.2) is 51.7 Å². The van der Waals surface area contributed by atoms with Gasteiger partial charge in [0, 0.05) is 24.4 Å². The van der Waals surface area contributed by atoms with Gasteiger partial charge in [0.25, 0.3) is 5.91 Å². The highest BCUT2D eigenvalue weighted by Gasteiger charge is 2.24. The summed E-state index contributed by atoms with van der Waals surface area (Å²) in [6, 6.07) is 16.0. The molecule has 1 amide bonds. The molecule has 0 aliphatic heterocycles. The summed E-state index contributed by atoms with van der Waals surface area (Å²) in [4.78, 5) is 36.1. The smallest absolute Gasteiger partial charge is 0.335 e. The van der Waals surface area contributed by atoms with Crippen LogP contribution in [0.5, 0.6) is 0 Å². The molecule has 3 N–H and O–H groups in total. The van der Waals surface area contributed by atoms with Crippen molar-refractivity contribution < 1.29 is 24.2 Å². The molecule has 1 aromatic heterocycles. The number of Topliss-reactive ketones (excluding diaryl/α,β-unsaturated/α-hetero) is 1. The number of amides is 1. The summed E-state index contributed by atoms with van der Waals surface area (Å²) in [5.41, 5.74) is 3.10. The Balaban J connectivity index is 1.76. The van der Waals surface area contributed by atoms with Gasteiger partial charge in [-0.25, -0.2) is 4.79 Å². The Labute approximate surface area is 202 Å². The number of benzene rings is 2. The largest absolute Gasteiger partial charge is 0.464 e.